The van der Waals surface area contributed by atoms with Gasteiger partial charge in [-0.1, -0.05) is 18.2 Å². The molecule has 4 rings (SSSR count). The molecule has 2 aromatic rings. The third kappa shape index (κ3) is 2.55. The summed E-state index contributed by atoms with van der Waals surface area (Å²) < 4.78 is 4.96. The number of nitrogens with one attached hydrogen (secondary N) is 1. The Morgan fingerprint density at radius 1 is 1.12 bits per heavy atom. The van der Waals surface area contributed by atoms with E-state index in [-0.39, 0.29) is 24.4 Å². The van der Waals surface area contributed by atoms with Crippen LogP contribution < -0.4 is 5.32 Å². The van der Waals surface area contributed by atoms with Crippen molar-refractivity contribution in [2.24, 2.45) is 0 Å². The highest BCUT2D eigenvalue weighted by atomic mass is 16.5. The summed E-state index contributed by atoms with van der Waals surface area (Å²) in [4.78, 5) is 38.1. The van der Waals surface area contributed by atoms with Crippen molar-refractivity contribution in [3.63, 3.8) is 0 Å². The highest BCUT2D eigenvalue weighted by Gasteiger charge is 2.33. The maximum atomic E-state index is 12.6. The Bertz CT molecular complexity index is 906. The molecule has 0 unspecified atom stereocenters. The predicted octanol–water partition coefficient (Wildman–Crippen LogP) is 2.34. The second-order valence-electron chi connectivity index (χ2n) is 6.20. The summed E-state index contributed by atoms with van der Waals surface area (Å²) in [5.74, 6) is -0.751. The minimum atomic E-state index is -0.606. The van der Waals surface area contributed by atoms with E-state index in [9.17, 15) is 14.4 Å². The molecule has 6 heteroatoms. The van der Waals surface area contributed by atoms with E-state index in [0.717, 1.165) is 11.1 Å². The first-order valence-electron chi connectivity index (χ1n) is 8.04. The molecular weight excluding hydrogens is 320 g/mol. The monoisotopic (exact) mass is 336 g/mol. The van der Waals surface area contributed by atoms with Crippen LogP contribution in [0.1, 0.15) is 38.8 Å². The van der Waals surface area contributed by atoms with Crippen LogP contribution in [0.2, 0.25) is 0 Å². The molecule has 0 saturated carbocycles. The van der Waals surface area contributed by atoms with Gasteiger partial charge in [-0.15, -0.1) is 0 Å². The van der Waals surface area contributed by atoms with Crippen molar-refractivity contribution in [2.75, 3.05) is 5.32 Å². The number of anilines is 1. The summed E-state index contributed by atoms with van der Waals surface area (Å²) >= 11 is 0. The maximum absolute atomic E-state index is 12.6. The average Bonchev–Trinajstić information content (AvgIpc) is 3.15. The number of hydrogen-bond donors (Lipinski definition) is 1. The zero-order valence-corrected chi connectivity index (χ0v) is 13.6. The first-order valence-corrected chi connectivity index (χ1v) is 8.04. The van der Waals surface area contributed by atoms with Crippen molar-refractivity contribution >= 4 is 23.5 Å². The van der Waals surface area contributed by atoms with Crippen molar-refractivity contribution in [1.29, 1.82) is 0 Å². The number of carbonyl (C=O) groups is 3. The second kappa shape index (κ2) is 5.73. The topological polar surface area (TPSA) is 75.7 Å². The van der Waals surface area contributed by atoms with Crippen LogP contribution in [0.4, 0.5) is 5.69 Å². The van der Waals surface area contributed by atoms with E-state index in [1.54, 1.807) is 36.1 Å². The van der Waals surface area contributed by atoms with Gasteiger partial charge in [-0.2, -0.15) is 0 Å². The van der Waals surface area contributed by atoms with Crippen LogP contribution in [0.25, 0.3) is 0 Å². The molecule has 0 spiro atoms. The average molecular weight is 336 g/mol. The summed E-state index contributed by atoms with van der Waals surface area (Å²) in [7, 11) is 0. The predicted molar refractivity (Wildman–Crippen MR) is 90.0 cm³/mol. The van der Waals surface area contributed by atoms with Crippen LogP contribution in [0.15, 0.2) is 42.5 Å². The van der Waals surface area contributed by atoms with E-state index in [1.807, 2.05) is 18.2 Å². The van der Waals surface area contributed by atoms with E-state index in [2.05, 4.69) is 5.32 Å². The number of esters is 1. The van der Waals surface area contributed by atoms with E-state index >= 15 is 0 Å². The number of carbonyl (C=O) groups excluding carboxylic acids is 3. The molecule has 0 aromatic heterocycles. The molecule has 126 valence electrons. The molecule has 1 N–H and O–H groups in total. The third-order valence-electron chi connectivity index (χ3n) is 4.65. The van der Waals surface area contributed by atoms with Gasteiger partial charge in [-0.25, -0.2) is 4.79 Å². The van der Waals surface area contributed by atoms with Gasteiger partial charge in [0.1, 0.15) is 12.6 Å². The van der Waals surface area contributed by atoms with Crippen molar-refractivity contribution in [3.05, 3.63) is 64.7 Å². The molecule has 2 aliphatic rings. The van der Waals surface area contributed by atoms with Crippen LogP contribution in [-0.2, 0) is 22.7 Å². The standard InChI is InChI=1S/C19H16N2O4/c1-11(21-9-12-4-2-3-5-15(12)18(21)23)17(22)20-14-6-7-16-13(8-14)10-25-19(16)24/h2-8,11H,9-10H2,1H3,(H,20,22)/t11-/m0/s1. The van der Waals surface area contributed by atoms with E-state index in [0.29, 0.717) is 23.4 Å². The van der Waals surface area contributed by atoms with Gasteiger partial charge < -0.3 is 15.0 Å². The Labute approximate surface area is 144 Å². The van der Waals surface area contributed by atoms with Crippen LogP contribution in [-0.4, -0.2) is 28.7 Å². The van der Waals surface area contributed by atoms with Crippen LogP contribution >= 0.6 is 0 Å². The smallest absolute Gasteiger partial charge is 0.338 e. The van der Waals surface area contributed by atoms with Gasteiger partial charge in [-0.3, -0.25) is 9.59 Å². The minimum absolute atomic E-state index is 0.133. The Kier molecular flexibility index (Phi) is 3.53. The molecule has 0 fully saturated rings. The van der Waals surface area contributed by atoms with Crippen molar-refractivity contribution in [2.45, 2.75) is 26.1 Å². The lowest BCUT2D eigenvalue weighted by molar-refractivity contribution is -0.120. The summed E-state index contributed by atoms with van der Waals surface area (Å²) in [5, 5.41) is 2.81. The second-order valence-corrected chi connectivity index (χ2v) is 6.20. The van der Waals surface area contributed by atoms with Crippen molar-refractivity contribution < 1.29 is 19.1 Å². The lowest BCUT2D eigenvalue weighted by Gasteiger charge is -2.23. The SMILES string of the molecule is C[C@@H](C(=O)Nc1ccc2c(c1)COC2=O)N1Cc2ccccc2C1=O. The highest BCUT2D eigenvalue weighted by Crippen LogP contribution is 2.26. The molecule has 0 bridgehead atoms. The highest BCUT2D eigenvalue weighted by molar-refractivity contribution is 6.03. The normalized spacial score (nSPS) is 16.3. The van der Waals surface area contributed by atoms with Gasteiger partial charge >= 0.3 is 5.97 Å². The van der Waals surface area contributed by atoms with Gasteiger partial charge in [0.15, 0.2) is 0 Å². The van der Waals surface area contributed by atoms with Crippen molar-refractivity contribution in [1.82, 2.24) is 4.90 Å². The number of hydrogen-bond acceptors (Lipinski definition) is 4. The van der Waals surface area contributed by atoms with Gasteiger partial charge in [0.2, 0.25) is 5.91 Å². The summed E-state index contributed by atoms with van der Waals surface area (Å²) in [6.07, 6.45) is 0. The Hall–Kier alpha value is -3.15. The summed E-state index contributed by atoms with van der Waals surface area (Å²) in [6.45, 7) is 2.35. The largest absolute Gasteiger partial charge is 0.457 e. The molecule has 2 amide bonds. The van der Waals surface area contributed by atoms with Gasteiger partial charge in [0.25, 0.3) is 5.91 Å². The van der Waals surface area contributed by atoms with Crippen LogP contribution in [0, 0.1) is 0 Å². The number of fused-ring (bicyclic) bond motifs is 2. The lowest BCUT2D eigenvalue weighted by Crippen LogP contribution is -2.42. The Morgan fingerprint density at radius 2 is 1.92 bits per heavy atom. The number of nitrogens with zero attached hydrogens (tertiary/aromatic N) is 1. The Balaban J connectivity index is 1.49. The first-order chi connectivity index (χ1) is 12.0. The lowest BCUT2D eigenvalue weighted by atomic mass is 10.1. The van der Waals surface area contributed by atoms with Gasteiger partial charge in [-0.05, 0) is 36.8 Å². The van der Waals surface area contributed by atoms with E-state index in [1.165, 1.54) is 0 Å². The van der Waals surface area contributed by atoms with E-state index < -0.39 is 6.04 Å². The molecule has 0 saturated heterocycles. The minimum Gasteiger partial charge on any atom is -0.457 e. The fraction of sp³-hybridized carbons (Fsp3) is 0.211. The van der Waals surface area contributed by atoms with Crippen LogP contribution in [0.5, 0.6) is 0 Å². The number of cyclic esters (lactones) is 1. The molecule has 0 radical (unpaired) electrons. The number of rotatable bonds is 3. The quantitative estimate of drug-likeness (QED) is 0.873. The van der Waals surface area contributed by atoms with Gasteiger partial charge in [0.05, 0.1) is 5.56 Å². The van der Waals surface area contributed by atoms with E-state index in [4.69, 9.17) is 4.74 Å². The first kappa shape index (κ1) is 15.4. The fourth-order valence-corrected chi connectivity index (χ4v) is 3.19. The molecule has 0 aliphatic carbocycles. The molecule has 25 heavy (non-hydrogen) atoms. The molecule has 2 heterocycles. The fourth-order valence-electron chi connectivity index (χ4n) is 3.19. The maximum Gasteiger partial charge on any atom is 0.338 e. The zero-order chi connectivity index (χ0) is 17.6. The summed E-state index contributed by atoms with van der Waals surface area (Å²) in [6, 6.07) is 11.8. The van der Waals surface area contributed by atoms with Gasteiger partial charge in [0, 0.05) is 23.4 Å². The summed E-state index contributed by atoms with van der Waals surface area (Å²) in [5.41, 5.74) is 3.44. The number of ether oxygens (including phenoxy) is 1. The molecule has 6 nitrogen and oxygen atoms in total. The molecule has 2 aliphatic heterocycles. The van der Waals surface area contributed by atoms with Crippen molar-refractivity contribution in [3.8, 4) is 0 Å². The number of benzene rings is 2. The Morgan fingerprint density at radius 3 is 2.72 bits per heavy atom. The number of amides is 2. The molecular formula is C19H16N2O4. The molecule has 1 atom stereocenters. The van der Waals surface area contributed by atoms with Crippen LogP contribution in [0.3, 0.4) is 0 Å². The third-order valence-corrected chi connectivity index (χ3v) is 4.65. The zero-order valence-electron chi connectivity index (χ0n) is 13.6. The molecule has 2 aromatic carbocycles.